The van der Waals surface area contributed by atoms with Crippen LogP contribution in [0.3, 0.4) is 0 Å². The van der Waals surface area contributed by atoms with E-state index in [0.29, 0.717) is 12.0 Å². The number of nitrogens with one attached hydrogen (secondary N) is 1. The van der Waals surface area contributed by atoms with E-state index in [4.69, 9.17) is 0 Å². The smallest absolute Gasteiger partial charge is 0.247 e. The largest absolute Gasteiger partial charge is 0.257 e. The Hall–Kier alpha value is -0.790. The Bertz CT molecular complexity index is 694. The van der Waals surface area contributed by atoms with Crippen molar-refractivity contribution in [1.82, 2.24) is 4.98 Å². The Morgan fingerprint density at radius 3 is 1.04 bits per heavy atom. The SMILES string of the molecule is CCCCCCCCCCCCCCCC(CCCCCCCCC)c1[nH]cc[n+]1C(C)CCCCCCCCCCCCC. The molecule has 0 aliphatic carbocycles. The van der Waals surface area contributed by atoms with Gasteiger partial charge in [-0.05, 0) is 32.6 Å². The van der Waals surface area contributed by atoms with Gasteiger partial charge >= 0.3 is 0 Å². The fourth-order valence-electron chi connectivity index (χ4n) is 7.49. The second-order valence-electron chi connectivity index (χ2n) is 15.1. The van der Waals surface area contributed by atoms with E-state index >= 15 is 0 Å². The summed E-state index contributed by atoms with van der Waals surface area (Å²) in [6.45, 7) is 9.43. The van der Waals surface area contributed by atoms with Crippen molar-refractivity contribution in [1.29, 1.82) is 0 Å². The molecular formula is C43H85N2+. The molecule has 0 bridgehead atoms. The van der Waals surface area contributed by atoms with E-state index < -0.39 is 0 Å². The van der Waals surface area contributed by atoms with Crippen LogP contribution in [0.15, 0.2) is 12.4 Å². The van der Waals surface area contributed by atoms with Crippen molar-refractivity contribution in [3.8, 4) is 0 Å². The van der Waals surface area contributed by atoms with Crippen molar-refractivity contribution in [3.63, 3.8) is 0 Å². The number of nitrogens with zero attached hydrogens (tertiary/aromatic N) is 1. The minimum absolute atomic E-state index is 0.619. The summed E-state index contributed by atoms with van der Waals surface area (Å²) >= 11 is 0. The first kappa shape index (κ1) is 42.2. The summed E-state index contributed by atoms with van der Waals surface area (Å²) < 4.78 is 2.64. The maximum Gasteiger partial charge on any atom is 0.257 e. The zero-order valence-electron chi connectivity index (χ0n) is 31.8. The minimum atomic E-state index is 0.619. The van der Waals surface area contributed by atoms with Crippen LogP contribution in [-0.4, -0.2) is 4.98 Å². The number of aromatic nitrogens is 2. The van der Waals surface area contributed by atoms with E-state index in [1.807, 2.05) is 0 Å². The Kier molecular flexibility index (Phi) is 31.1. The summed E-state index contributed by atoms with van der Waals surface area (Å²) in [6, 6.07) is 0.619. The van der Waals surface area contributed by atoms with Gasteiger partial charge in [0.2, 0.25) is 0 Å². The van der Waals surface area contributed by atoms with Crippen molar-refractivity contribution < 1.29 is 4.57 Å². The number of aromatic amines is 1. The molecule has 1 heterocycles. The van der Waals surface area contributed by atoms with Gasteiger partial charge in [0.15, 0.2) is 0 Å². The fraction of sp³-hybridized carbons (Fsp3) is 0.930. The monoisotopic (exact) mass is 630 g/mol. The number of hydrogen-bond acceptors (Lipinski definition) is 0. The molecule has 1 N–H and O–H groups in total. The van der Waals surface area contributed by atoms with Crippen molar-refractivity contribution in [2.24, 2.45) is 0 Å². The van der Waals surface area contributed by atoms with Crippen LogP contribution < -0.4 is 4.57 Å². The highest BCUT2D eigenvalue weighted by Gasteiger charge is 2.25. The van der Waals surface area contributed by atoms with Crippen LogP contribution in [0, 0.1) is 0 Å². The van der Waals surface area contributed by atoms with Gasteiger partial charge in [-0.15, -0.1) is 0 Å². The normalized spacial score (nSPS) is 13.1. The average Bonchev–Trinajstić information content (AvgIpc) is 3.54. The molecule has 2 heteroatoms. The average molecular weight is 630 g/mol. The molecule has 1 aromatic heterocycles. The molecule has 2 atom stereocenters. The second kappa shape index (κ2) is 33.1. The Morgan fingerprint density at radius 2 is 0.711 bits per heavy atom. The fourth-order valence-corrected chi connectivity index (χ4v) is 7.49. The van der Waals surface area contributed by atoms with Gasteiger partial charge in [0.05, 0.1) is 12.0 Å². The number of hydrogen-bond donors (Lipinski definition) is 1. The molecule has 0 radical (unpaired) electrons. The maximum atomic E-state index is 3.76. The topological polar surface area (TPSA) is 19.7 Å². The molecule has 0 amide bonds. The van der Waals surface area contributed by atoms with Crippen LogP contribution in [-0.2, 0) is 0 Å². The highest BCUT2D eigenvalue weighted by atomic mass is 15.1. The maximum absolute atomic E-state index is 3.76. The van der Waals surface area contributed by atoms with Gasteiger partial charge in [-0.25, -0.2) is 9.55 Å². The number of imidazole rings is 1. The second-order valence-corrected chi connectivity index (χ2v) is 15.1. The van der Waals surface area contributed by atoms with Gasteiger partial charge in [-0.1, -0.05) is 213 Å². The van der Waals surface area contributed by atoms with E-state index in [1.165, 1.54) is 224 Å². The quantitative estimate of drug-likeness (QED) is 0.0563. The predicted octanol–water partition coefficient (Wildman–Crippen LogP) is 15.3. The van der Waals surface area contributed by atoms with E-state index in [2.05, 4.69) is 49.6 Å². The number of rotatable bonds is 36. The molecule has 2 unspecified atom stereocenters. The Labute approximate surface area is 285 Å². The summed E-state index contributed by atoms with van der Waals surface area (Å²) in [5.41, 5.74) is 0. The lowest BCUT2D eigenvalue weighted by Gasteiger charge is -2.17. The van der Waals surface area contributed by atoms with Gasteiger partial charge in [-0.3, -0.25) is 0 Å². The molecule has 0 aromatic carbocycles. The Morgan fingerprint density at radius 1 is 0.422 bits per heavy atom. The van der Waals surface area contributed by atoms with Gasteiger partial charge in [0.1, 0.15) is 12.4 Å². The molecule has 0 spiro atoms. The molecular weight excluding hydrogens is 544 g/mol. The van der Waals surface area contributed by atoms with Gasteiger partial charge < -0.3 is 0 Å². The summed E-state index contributed by atoms with van der Waals surface area (Å²) in [5, 5.41) is 0. The van der Waals surface area contributed by atoms with Crippen LogP contribution in [0.1, 0.15) is 264 Å². The van der Waals surface area contributed by atoms with E-state index in [-0.39, 0.29) is 0 Å². The zero-order valence-corrected chi connectivity index (χ0v) is 31.8. The molecule has 0 saturated carbocycles. The number of unbranched alkanes of at least 4 members (excludes halogenated alkanes) is 28. The molecule has 0 saturated heterocycles. The summed E-state index contributed by atoms with van der Waals surface area (Å²) in [5.74, 6) is 2.25. The van der Waals surface area contributed by atoms with Gasteiger partial charge in [0.25, 0.3) is 5.82 Å². The Balaban J connectivity index is 2.37. The van der Waals surface area contributed by atoms with E-state index in [0.717, 1.165) is 0 Å². The third kappa shape index (κ3) is 25.0. The van der Waals surface area contributed by atoms with Crippen molar-refractivity contribution >= 4 is 0 Å². The lowest BCUT2D eigenvalue weighted by atomic mass is 9.92. The van der Waals surface area contributed by atoms with Crippen LogP contribution >= 0.6 is 0 Å². The van der Waals surface area contributed by atoms with Crippen LogP contribution in [0.25, 0.3) is 0 Å². The first-order valence-electron chi connectivity index (χ1n) is 21.3. The van der Waals surface area contributed by atoms with Gasteiger partial charge in [-0.2, -0.15) is 0 Å². The molecule has 266 valence electrons. The third-order valence-electron chi connectivity index (χ3n) is 10.6. The summed E-state index contributed by atoms with van der Waals surface area (Å²) in [6.07, 6.45) is 53.1. The summed E-state index contributed by atoms with van der Waals surface area (Å²) in [7, 11) is 0. The molecule has 0 aliphatic rings. The van der Waals surface area contributed by atoms with Crippen molar-refractivity contribution in [2.75, 3.05) is 0 Å². The van der Waals surface area contributed by atoms with Crippen LogP contribution in [0.5, 0.6) is 0 Å². The molecule has 45 heavy (non-hydrogen) atoms. The molecule has 1 rings (SSSR count). The minimum Gasteiger partial charge on any atom is -0.247 e. The standard InChI is InChI=1S/C43H84N2/c1-5-8-11-14-17-19-21-22-24-26-29-32-35-38-42(37-34-31-27-16-13-10-7-3)43-44-39-40-45(43)41(4)36-33-30-28-25-23-20-18-15-12-9-6-2/h39-42H,5-38H2,1-4H3/p+1. The van der Waals surface area contributed by atoms with Gasteiger partial charge in [0, 0.05) is 0 Å². The molecule has 0 aliphatic heterocycles. The van der Waals surface area contributed by atoms with Crippen molar-refractivity contribution in [2.45, 2.75) is 258 Å². The highest BCUT2D eigenvalue weighted by Crippen LogP contribution is 2.27. The van der Waals surface area contributed by atoms with Crippen molar-refractivity contribution in [3.05, 3.63) is 18.2 Å². The molecule has 2 nitrogen and oxygen atoms in total. The number of H-pyrrole nitrogens is 1. The zero-order chi connectivity index (χ0) is 32.5. The lowest BCUT2D eigenvalue weighted by molar-refractivity contribution is -0.727. The van der Waals surface area contributed by atoms with E-state index in [1.54, 1.807) is 0 Å². The molecule has 0 fully saturated rings. The third-order valence-corrected chi connectivity index (χ3v) is 10.6. The first-order valence-corrected chi connectivity index (χ1v) is 21.3. The molecule has 1 aromatic rings. The van der Waals surface area contributed by atoms with Crippen LogP contribution in [0.4, 0.5) is 0 Å². The highest BCUT2D eigenvalue weighted by molar-refractivity contribution is 4.90. The van der Waals surface area contributed by atoms with Crippen LogP contribution in [0.2, 0.25) is 0 Å². The predicted molar refractivity (Wildman–Crippen MR) is 202 cm³/mol. The first-order chi connectivity index (χ1) is 22.2. The lowest BCUT2D eigenvalue weighted by Crippen LogP contribution is -2.41. The van der Waals surface area contributed by atoms with E-state index in [9.17, 15) is 0 Å². The summed E-state index contributed by atoms with van der Waals surface area (Å²) in [4.78, 5) is 3.76.